The Kier molecular flexibility index (Phi) is 4.69. The monoisotopic (exact) mass is 330 g/mol. The first kappa shape index (κ1) is 15.1. The second kappa shape index (κ2) is 6.52. The van der Waals surface area contributed by atoms with E-state index in [1.54, 1.807) is 11.3 Å². The van der Waals surface area contributed by atoms with Crippen molar-refractivity contribution in [2.75, 3.05) is 32.8 Å². The largest absolute Gasteiger partial charge is 0.347 e. The Balaban J connectivity index is 1.40. The van der Waals surface area contributed by atoms with E-state index >= 15 is 0 Å². The maximum absolute atomic E-state index is 12.1. The fraction of sp³-hybridized carbons (Fsp3) is 0.643. The summed E-state index contributed by atoms with van der Waals surface area (Å²) in [5.41, 5.74) is 0. The topological polar surface area (TPSA) is 50.8 Å². The standard InChI is InChI=1S/C14H19ClN2O3S/c15-12-2-1-11(21-12)3-6-16-13(18)17-7-4-14(5-8-17)19-9-10-20-14/h1-2H,3-10H2,(H,16,18). The van der Waals surface area contributed by atoms with Crippen LogP contribution < -0.4 is 5.32 Å². The first-order chi connectivity index (χ1) is 10.2. The van der Waals surface area contributed by atoms with Gasteiger partial charge in [0.2, 0.25) is 0 Å². The molecule has 0 saturated carbocycles. The molecular weight excluding hydrogens is 312 g/mol. The van der Waals surface area contributed by atoms with E-state index in [9.17, 15) is 4.79 Å². The lowest BCUT2D eigenvalue weighted by Gasteiger charge is -2.37. The number of carbonyl (C=O) groups is 1. The summed E-state index contributed by atoms with van der Waals surface area (Å²) >= 11 is 7.44. The van der Waals surface area contributed by atoms with Crippen LogP contribution in [0.1, 0.15) is 17.7 Å². The van der Waals surface area contributed by atoms with E-state index in [0.29, 0.717) is 32.8 Å². The number of hydrogen-bond acceptors (Lipinski definition) is 4. The Bertz CT molecular complexity index is 492. The van der Waals surface area contributed by atoms with Crippen molar-refractivity contribution in [3.05, 3.63) is 21.3 Å². The molecule has 1 aromatic heterocycles. The third-order valence-electron chi connectivity index (χ3n) is 3.90. The van der Waals surface area contributed by atoms with Crippen molar-refractivity contribution in [3.8, 4) is 0 Å². The van der Waals surface area contributed by atoms with Crippen molar-refractivity contribution in [3.63, 3.8) is 0 Å². The quantitative estimate of drug-likeness (QED) is 0.926. The van der Waals surface area contributed by atoms with Crippen LogP contribution in [0, 0.1) is 0 Å². The number of piperidine rings is 1. The maximum atomic E-state index is 12.1. The number of halogens is 1. The maximum Gasteiger partial charge on any atom is 0.317 e. The Morgan fingerprint density at radius 2 is 2.05 bits per heavy atom. The summed E-state index contributed by atoms with van der Waals surface area (Å²) in [7, 11) is 0. The van der Waals surface area contributed by atoms with Gasteiger partial charge in [0.25, 0.3) is 0 Å². The lowest BCUT2D eigenvalue weighted by Crippen LogP contribution is -2.50. The van der Waals surface area contributed by atoms with Crippen LogP contribution in [0.5, 0.6) is 0 Å². The third-order valence-corrected chi connectivity index (χ3v) is 5.19. The Hall–Kier alpha value is -0.820. The Labute approximate surface area is 133 Å². The fourth-order valence-corrected chi connectivity index (χ4v) is 3.81. The first-order valence-electron chi connectivity index (χ1n) is 7.22. The number of thiophene rings is 1. The summed E-state index contributed by atoms with van der Waals surface area (Å²) in [4.78, 5) is 15.1. The number of nitrogens with zero attached hydrogens (tertiary/aromatic N) is 1. The van der Waals surface area contributed by atoms with Crippen molar-refractivity contribution in [1.82, 2.24) is 10.2 Å². The highest BCUT2D eigenvalue weighted by atomic mass is 35.5. The molecule has 0 aliphatic carbocycles. The van der Waals surface area contributed by atoms with Crippen LogP contribution in [-0.4, -0.2) is 49.6 Å². The van der Waals surface area contributed by atoms with Crippen molar-refractivity contribution >= 4 is 29.0 Å². The molecule has 2 aliphatic rings. The van der Waals surface area contributed by atoms with Crippen molar-refractivity contribution in [1.29, 1.82) is 0 Å². The zero-order valence-corrected chi connectivity index (χ0v) is 13.3. The summed E-state index contributed by atoms with van der Waals surface area (Å²) in [6, 6.07) is 3.87. The molecule has 3 heterocycles. The van der Waals surface area contributed by atoms with E-state index in [1.165, 1.54) is 4.88 Å². The van der Waals surface area contributed by atoms with Gasteiger partial charge in [-0.15, -0.1) is 11.3 Å². The molecule has 2 aliphatic heterocycles. The molecule has 3 rings (SSSR count). The summed E-state index contributed by atoms with van der Waals surface area (Å²) in [5.74, 6) is -0.426. The summed E-state index contributed by atoms with van der Waals surface area (Å²) in [5, 5.41) is 2.96. The number of likely N-dealkylation sites (tertiary alicyclic amines) is 1. The lowest BCUT2D eigenvalue weighted by atomic mass is 10.0. The van der Waals surface area contributed by atoms with E-state index in [1.807, 2.05) is 17.0 Å². The minimum absolute atomic E-state index is 0.00880. The van der Waals surface area contributed by atoms with Gasteiger partial charge in [0, 0.05) is 37.4 Å². The Morgan fingerprint density at radius 3 is 2.67 bits per heavy atom. The molecule has 2 amide bonds. The van der Waals surface area contributed by atoms with Gasteiger partial charge in [0.1, 0.15) is 0 Å². The van der Waals surface area contributed by atoms with Crippen LogP contribution in [0.2, 0.25) is 4.34 Å². The van der Waals surface area contributed by atoms with Crippen molar-refractivity contribution < 1.29 is 14.3 Å². The summed E-state index contributed by atoms with van der Waals surface area (Å²) < 4.78 is 12.1. The third kappa shape index (κ3) is 3.69. The molecule has 116 valence electrons. The molecule has 0 unspecified atom stereocenters. The number of rotatable bonds is 3. The highest BCUT2D eigenvalue weighted by Gasteiger charge is 2.40. The molecule has 0 aromatic carbocycles. The molecule has 2 fully saturated rings. The van der Waals surface area contributed by atoms with E-state index in [0.717, 1.165) is 23.6 Å². The van der Waals surface area contributed by atoms with Gasteiger partial charge in [-0.1, -0.05) is 11.6 Å². The predicted molar refractivity (Wildman–Crippen MR) is 81.9 cm³/mol. The molecular formula is C14H19ClN2O3S. The second-order valence-corrected chi connectivity index (χ2v) is 7.08. The predicted octanol–water partition coefficient (Wildman–Crippen LogP) is 2.49. The van der Waals surface area contributed by atoms with Crippen molar-refractivity contribution in [2.45, 2.75) is 25.0 Å². The van der Waals surface area contributed by atoms with Crippen LogP contribution in [0.25, 0.3) is 0 Å². The molecule has 1 aromatic rings. The molecule has 0 atom stereocenters. The average molecular weight is 331 g/mol. The number of urea groups is 1. The SMILES string of the molecule is O=C(NCCc1ccc(Cl)s1)N1CCC2(CC1)OCCO2. The van der Waals surface area contributed by atoms with Crippen LogP contribution in [-0.2, 0) is 15.9 Å². The molecule has 5 nitrogen and oxygen atoms in total. The van der Waals surface area contributed by atoms with Crippen LogP contribution in [0.3, 0.4) is 0 Å². The van der Waals surface area contributed by atoms with Crippen LogP contribution >= 0.6 is 22.9 Å². The first-order valence-corrected chi connectivity index (χ1v) is 8.41. The van der Waals surface area contributed by atoms with E-state index in [-0.39, 0.29) is 6.03 Å². The molecule has 0 bridgehead atoms. The van der Waals surface area contributed by atoms with Gasteiger partial charge >= 0.3 is 6.03 Å². The average Bonchev–Trinajstić information content (AvgIpc) is 3.10. The number of nitrogens with one attached hydrogen (secondary N) is 1. The number of carbonyl (C=O) groups excluding carboxylic acids is 1. The second-order valence-electron chi connectivity index (χ2n) is 5.28. The van der Waals surface area contributed by atoms with Gasteiger partial charge in [0.05, 0.1) is 17.6 Å². The van der Waals surface area contributed by atoms with Crippen LogP contribution in [0.4, 0.5) is 4.79 Å². The number of ether oxygens (including phenoxy) is 2. The molecule has 1 spiro atoms. The van der Waals surface area contributed by atoms with Gasteiger partial charge in [-0.2, -0.15) is 0 Å². The van der Waals surface area contributed by atoms with E-state index in [4.69, 9.17) is 21.1 Å². The van der Waals surface area contributed by atoms with Crippen LogP contribution in [0.15, 0.2) is 12.1 Å². The summed E-state index contributed by atoms with van der Waals surface area (Å²) in [6.07, 6.45) is 2.31. The minimum atomic E-state index is -0.426. The van der Waals surface area contributed by atoms with Gasteiger partial charge in [0.15, 0.2) is 5.79 Å². The Morgan fingerprint density at radius 1 is 1.33 bits per heavy atom. The zero-order chi connectivity index (χ0) is 14.7. The molecule has 1 N–H and O–H groups in total. The highest BCUT2D eigenvalue weighted by Crippen LogP contribution is 2.31. The van der Waals surface area contributed by atoms with E-state index in [2.05, 4.69) is 5.32 Å². The molecule has 7 heteroatoms. The van der Waals surface area contributed by atoms with Gasteiger partial charge in [-0.25, -0.2) is 4.79 Å². The normalized spacial score (nSPS) is 20.9. The fourth-order valence-electron chi connectivity index (χ4n) is 2.73. The number of hydrogen-bond donors (Lipinski definition) is 1. The zero-order valence-electron chi connectivity index (χ0n) is 11.8. The highest BCUT2D eigenvalue weighted by molar-refractivity contribution is 7.16. The number of amides is 2. The van der Waals surface area contributed by atoms with Gasteiger partial charge in [-0.3, -0.25) is 0 Å². The molecule has 21 heavy (non-hydrogen) atoms. The molecule has 2 saturated heterocycles. The van der Waals surface area contributed by atoms with Gasteiger partial charge < -0.3 is 19.7 Å². The van der Waals surface area contributed by atoms with E-state index < -0.39 is 5.79 Å². The lowest BCUT2D eigenvalue weighted by molar-refractivity contribution is -0.181. The summed E-state index contributed by atoms with van der Waals surface area (Å²) in [6.45, 7) is 3.31. The smallest absolute Gasteiger partial charge is 0.317 e. The van der Waals surface area contributed by atoms with Crippen molar-refractivity contribution in [2.24, 2.45) is 0 Å². The minimum Gasteiger partial charge on any atom is -0.347 e. The molecule has 0 radical (unpaired) electrons. The van der Waals surface area contributed by atoms with Gasteiger partial charge in [-0.05, 0) is 18.6 Å².